The molecule has 0 aliphatic carbocycles. The predicted octanol–water partition coefficient (Wildman–Crippen LogP) is 2.42. The van der Waals surface area contributed by atoms with E-state index in [0.29, 0.717) is 11.9 Å². The van der Waals surface area contributed by atoms with Crippen LogP contribution in [-0.4, -0.2) is 34.9 Å². The van der Waals surface area contributed by atoms with Crippen LogP contribution in [0.3, 0.4) is 0 Å². The molecule has 96 valence electrons. The average Bonchev–Trinajstić information content (AvgIpc) is 2.98. The van der Waals surface area contributed by atoms with Crippen molar-refractivity contribution in [1.29, 1.82) is 0 Å². The Labute approximate surface area is 111 Å². The largest absolute Gasteiger partial charge is 0.494 e. The van der Waals surface area contributed by atoms with Crippen molar-refractivity contribution < 1.29 is 4.74 Å². The first kappa shape index (κ1) is 11.9. The second-order valence-corrected chi connectivity index (χ2v) is 5.68. The number of fused-ring (bicyclic) bond motifs is 1. The molecule has 0 bridgehead atoms. The third kappa shape index (κ3) is 2.47. The van der Waals surface area contributed by atoms with Crippen LogP contribution in [0.5, 0.6) is 5.75 Å². The maximum atomic E-state index is 5.49. The average molecular weight is 263 g/mol. The molecule has 0 saturated carbocycles. The molecule has 4 nitrogen and oxygen atoms in total. The van der Waals surface area contributed by atoms with Crippen molar-refractivity contribution in [3.8, 4) is 5.75 Å². The fraction of sp³-hybridized carbons (Fsp3) is 0.462. The maximum Gasteiger partial charge on any atom is 0.166 e. The number of nitrogens with zero attached hydrogens (tertiary/aromatic N) is 1. The van der Waals surface area contributed by atoms with Gasteiger partial charge in [0.2, 0.25) is 0 Å². The zero-order chi connectivity index (χ0) is 12.4. The van der Waals surface area contributed by atoms with E-state index in [2.05, 4.69) is 15.3 Å². The van der Waals surface area contributed by atoms with Gasteiger partial charge in [0.1, 0.15) is 5.75 Å². The Kier molecular flexibility index (Phi) is 3.43. The van der Waals surface area contributed by atoms with Crippen LogP contribution in [-0.2, 0) is 0 Å². The number of hydrogen-bond donors (Lipinski definition) is 2. The summed E-state index contributed by atoms with van der Waals surface area (Å²) in [6.07, 6.45) is 1.21. The van der Waals surface area contributed by atoms with Gasteiger partial charge in [-0.15, -0.1) is 0 Å². The summed E-state index contributed by atoms with van der Waals surface area (Å²) in [7, 11) is 0. The number of nitrogens with one attached hydrogen (secondary N) is 2. The molecule has 1 aromatic heterocycles. The van der Waals surface area contributed by atoms with Crippen molar-refractivity contribution in [2.45, 2.75) is 23.8 Å². The van der Waals surface area contributed by atoms with Crippen LogP contribution < -0.4 is 10.1 Å². The molecular formula is C13H17N3OS. The van der Waals surface area contributed by atoms with Gasteiger partial charge in [0, 0.05) is 17.9 Å². The lowest BCUT2D eigenvalue weighted by molar-refractivity contribution is 0.340. The molecule has 1 fully saturated rings. The van der Waals surface area contributed by atoms with Crippen LogP contribution in [0, 0.1) is 0 Å². The molecule has 0 radical (unpaired) electrons. The van der Waals surface area contributed by atoms with E-state index in [9.17, 15) is 0 Å². The number of rotatable bonds is 4. The van der Waals surface area contributed by atoms with Gasteiger partial charge in [-0.3, -0.25) is 0 Å². The van der Waals surface area contributed by atoms with Crippen molar-refractivity contribution in [3.05, 3.63) is 18.2 Å². The topological polar surface area (TPSA) is 49.9 Å². The lowest BCUT2D eigenvalue weighted by atomic mass is 10.3. The van der Waals surface area contributed by atoms with Crippen LogP contribution in [0.2, 0.25) is 0 Å². The molecule has 1 aliphatic rings. The van der Waals surface area contributed by atoms with E-state index in [-0.39, 0.29) is 0 Å². The summed E-state index contributed by atoms with van der Waals surface area (Å²) in [4.78, 5) is 7.97. The Hall–Kier alpha value is -1.20. The van der Waals surface area contributed by atoms with Gasteiger partial charge in [0.25, 0.3) is 0 Å². The van der Waals surface area contributed by atoms with Gasteiger partial charge in [-0.05, 0) is 32.0 Å². The standard InChI is InChI=1S/C13H17N3OS/c1-2-17-9-3-4-11-12(7-9)16-13(15-11)18-10-5-6-14-8-10/h3-4,7,10,14H,2,5-6,8H2,1H3,(H,15,16). The Morgan fingerprint density at radius 2 is 2.44 bits per heavy atom. The number of thioether (sulfide) groups is 1. The molecule has 0 spiro atoms. The van der Waals surface area contributed by atoms with E-state index in [1.54, 1.807) is 0 Å². The Bertz CT molecular complexity index is 534. The number of H-pyrrole nitrogens is 1. The van der Waals surface area contributed by atoms with Crippen LogP contribution in [0.25, 0.3) is 11.0 Å². The molecular weight excluding hydrogens is 246 g/mol. The summed E-state index contributed by atoms with van der Waals surface area (Å²) in [5, 5.41) is 5.01. The van der Waals surface area contributed by atoms with Crippen molar-refractivity contribution in [2.75, 3.05) is 19.7 Å². The Balaban J connectivity index is 1.81. The number of aromatic nitrogens is 2. The second-order valence-electron chi connectivity index (χ2n) is 4.39. The van der Waals surface area contributed by atoms with E-state index < -0.39 is 0 Å². The molecule has 18 heavy (non-hydrogen) atoms. The Morgan fingerprint density at radius 3 is 3.22 bits per heavy atom. The van der Waals surface area contributed by atoms with Gasteiger partial charge in [-0.1, -0.05) is 11.8 Å². The minimum atomic E-state index is 0.636. The summed E-state index contributed by atoms with van der Waals surface area (Å²) in [6.45, 7) is 4.87. The molecule has 1 aliphatic heterocycles. The van der Waals surface area contributed by atoms with Gasteiger partial charge in [-0.2, -0.15) is 0 Å². The fourth-order valence-electron chi connectivity index (χ4n) is 2.16. The summed E-state index contributed by atoms with van der Waals surface area (Å²) in [6, 6.07) is 5.99. The summed E-state index contributed by atoms with van der Waals surface area (Å²) >= 11 is 1.83. The summed E-state index contributed by atoms with van der Waals surface area (Å²) in [5.74, 6) is 0.896. The highest BCUT2D eigenvalue weighted by molar-refractivity contribution is 7.99. The molecule has 1 unspecified atom stereocenters. The van der Waals surface area contributed by atoms with Gasteiger partial charge >= 0.3 is 0 Å². The van der Waals surface area contributed by atoms with E-state index in [1.807, 2.05) is 36.9 Å². The Morgan fingerprint density at radius 1 is 1.50 bits per heavy atom. The highest BCUT2D eigenvalue weighted by atomic mass is 32.2. The van der Waals surface area contributed by atoms with E-state index in [0.717, 1.165) is 35.0 Å². The normalized spacial score (nSPS) is 19.5. The predicted molar refractivity (Wildman–Crippen MR) is 74.4 cm³/mol. The van der Waals surface area contributed by atoms with E-state index in [4.69, 9.17) is 4.74 Å². The lowest BCUT2D eigenvalue weighted by Crippen LogP contribution is -2.10. The molecule has 2 aromatic rings. The number of aromatic amines is 1. The SMILES string of the molecule is CCOc1ccc2nc(SC3CCNC3)[nH]c2c1. The number of hydrogen-bond acceptors (Lipinski definition) is 4. The van der Waals surface area contributed by atoms with E-state index >= 15 is 0 Å². The molecule has 1 aromatic carbocycles. The van der Waals surface area contributed by atoms with Crippen LogP contribution in [0.4, 0.5) is 0 Å². The van der Waals surface area contributed by atoms with Gasteiger partial charge in [-0.25, -0.2) is 4.98 Å². The minimum absolute atomic E-state index is 0.636. The molecule has 1 atom stereocenters. The first-order valence-corrected chi connectivity index (χ1v) is 7.23. The minimum Gasteiger partial charge on any atom is -0.494 e. The highest BCUT2D eigenvalue weighted by Crippen LogP contribution is 2.28. The molecule has 3 rings (SSSR count). The molecule has 2 N–H and O–H groups in total. The first-order chi connectivity index (χ1) is 8.85. The quantitative estimate of drug-likeness (QED) is 0.889. The zero-order valence-electron chi connectivity index (χ0n) is 10.4. The molecule has 5 heteroatoms. The van der Waals surface area contributed by atoms with E-state index in [1.165, 1.54) is 6.42 Å². The third-order valence-corrected chi connectivity index (χ3v) is 4.19. The van der Waals surface area contributed by atoms with Gasteiger partial charge < -0.3 is 15.0 Å². The van der Waals surface area contributed by atoms with Crippen molar-refractivity contribution in [2.24, 2.45) is 0 Å². The fourth-order valence-corrected chi connectivity index (χ4v) is 3.24. The number of benzene rings is 1. The number of ether oxygens (including phenoxy) is 1. The molecule has 2 heterocycles. The number of imidazole rings is 1. The van der Waals surface area contributed by atoms with Crippen molar-refractivity contribution >= 4 is 22.8 Å². The van der Waals surface area contributed by atoms with Gasteiger partial charge in [0.15, 0.2) is 5.16 Å². The zero-order valence-corrected chi connectivity index (χ0v) is 11.2. The summed E-state index contributed by atoms with van der Waals surface area (Å²) < 4.78 is 5.49. The van der Waals surface area contributed by atoms with Gasteiger partial charge in [0.05, 0.1) is 17.6 Å². The highest BCUT2D eigenvalue weighted by Gasteiger charge is 2.17. The summed E-state index contributed by atoms with van der Waals surface area (Å²) in [5.41, 5.74) is 2.06. The second kappa shape index (κ2) is 5.20. The lowest BCUT2D eigenvalue weighted by Gasteiger charge is -2.03. The van der Waals surface area contributed by atoms with Crippen molar-refractivity contribution in [3.63, 3.8) is 0 Å². The monoisotopic (exact) mass is 263 g/mol. The molecule has 0 amide bonds. The van der Waals surface area contributed by atoms with Crippen LogP contribution in [0.1, 0.15) is 13.3 Å². The first-order valence-electron chi connectivity index (χ1n) is 6.35. The molecule has 1 saturated heterocycles. The third-order valence-electron chi connectivity index (χ3n) is 3.04. The smallest absolute Gasteiger partial charge is 0.166 e. The maximum absolute atomic E-state index is 5.49. The van der Waals surface area contributed by atoms with Crippen LogP contribution >= 0.6 is 11.8 Å². The van der Waals surface area contributed by atoms with Crippen molar-refractivity contribution in [1.82, 2.24) is 15.3 Å². The van der Waals surface area contributed by atoms with Crippen LogP contribution in [0.15, 0.2) is 23.4 Å².